The van der Waals surface area contributed by atoms with E-state index in [2.05, 4.69) is 16.4 Å². The SMILES string of the molecule is CC(C)N(Cc1cccc(-c2nccs2)c1)C(=O)Nc1ccc2c(c1)OCCCO2. The number of anilines is 1. The number of carbonyl (C=O) groups is 1. The van der Waals surface area contributed by atoms with Gasteiger partial charge in [0.1, 0.15) is 5.01 Å². The zero-order valence-electron chi connectivity index (χ0n) is 17.1. The third-order valence-corrected chi connectivity index (χ3v) is 5.66. The van der Waals surface area contributed by atoms with Crippen molar-refractivity contribution in [3.63, 3.8) is 0 Å². The van der Waals surface area contributed by atoms with E-state index in [1.165, 1.54) is 0 Å². The first-order valence-corrected chi connectivity index (χ1v) is 10.9. The van der Waals surface area contributed by atoms with Crippen molar-refractivity contribution < 1.29 is 14.3 Å². The fourth-order valence-corrected chi connectivity index (χ4v) is 3.93. The van der Waals surface area contributed by atoms with Gasteiger partial charge in [-0.25, -0.2) is 9.78 Å². The molecule has 0 fully saturated rings. The fourth-order valence-electron chi connectivity index (χ4n) is 3.29. The average molecular weight is 424 g/mol. The van der Waals surface area contributed by atoms with E-state index in [1.54, 1.807) is 17.5 Å². The molecule has 30 heavy (non-hydrogen) atoms. The van der Waals surface area contributed by atoms with Crippen LogP contribution in [0.2, 0.25) is 0 Å². The molecule has 0 saturated heterocycles. The van der Waals surface area contributed by atoms with Crippen LogP contribution in [0.5, 0.6) is 11.5 Å². The highest BCUT2D eigenvalue weighted by molar-refractivity contribution is 7.13. The molecule has 0 aliphatic carbocycles. The maximum atomic E-state index is 13.0. The molecule has 0 bridgehead atoms. The molecule has 1 aliphatic rings. The summed E-state index contributed by atoms with van der Waals surface area (Å²) >= 11 is 1.60. The number of thiazole rings is 1. The largest absolute Gasteiger partial charge is 0.490 e. The molecule has 1 N–H and O–H groups in total. The van der Waals surface area contributed by atoms with Crippen LogP contribution < -0.4 is 14.8 Å². The van der Waals surface area contributed by atoms with Crippen LogP contribution in [0.1, 0.15) is 25.8 Å². The molecule has 4 rings (SSSR count). The lowest BCUT2D eigenvalue weighted by atomic mass is 10.1. The molecule has 0 spiro atoms. The first-order valence-electron chi connectivity index (χ1n) is 10.1. The van der Waals surface area contributed by atoms with Gasteiger partial charge in [-0.2, -0.15) is 0 Å². The summed E-state index contributed by atoms with van der Waals surface area (Å²) in [5.41, 5.74) is 2.81. The summed E-state index contributed by atoms with van der Waals surface area (Å²) in [5, 5.41) is 5.94. The predicted octanol–water partition coefficient (Wildman–Crippen LogP) is 5.41. The Morgan fingerprint density at radius 1 is 1.17 bits per heavy atom. The molecule has 2 amide bonds. The number of nitrogens with zero attached hydrogens (tertiary/aromatic N) is 2. The highest BCUT2D eigenvalue weighted by Crippen LogP contribution is 2.32. The van der Waals surface area contributed by atoms with E-state index in [4.69, 9.17) is 9.47 Å². The van der Waals surface area contributed by atoms with Gasteiger partial charge in [0.25, 0.3) is 0 Å². The number of hydrogen-bond donors (Lipinski definition) is 1. The molecule has 1 aliphatic heterocycles. The van der Waals surface area contributed by atoms with E-state index in [9.17, 15) is 4.79 Å². The van der Waals surface area contributed by atoms with Gasteiger partial charge in [-0.1, -0.05) is 18.2 Å². The molecule has 2 aromatic carbocycles. The molecular formula is C23H25N3O3S. The van der Waals surface area contributed by atoms with Crippen molar-refractivity contribution in [2.45, 2.75) is 32.9 Å². The maximum Gasteiger partial charge on any atom is 0.322 e. The second kappa shape index (κ2) is 9.17. The first kappa shape index (κ1) is 20.2. The summed E-state index contributed by atoms with van der Waals surface area (Å²) in [5.74, 6) is 1.38. The predicted molar refractivity (Wildman–Crippen MR) is 119 cm³/mol. The Balaban J connectivity index is 1.49. The Bertz CT molecular complexity index is 1000. The van der Waals surface area contributed by atoms with Crippen molar-refractivity contribution in [3.05, 3.63) is 59.6 Å². The fraction of sp³-hybridized carbons (Fsp3) is 0.304. The molecule has 0 saturated carbocycles. The van der Waals surface area contributed by atoms with Crippen LogP contribution in [0.25, 0.3) is 10.6 Å². The van der Waals surface area contributed by atoms with E-state index in [1.807, 2.05) is 60.5 Å². The minimum absolute atomic E-state index is 0.0360. The van der Waals surface area contributed by atoms with Crippen LogP contribution in [-0.2, 0) is 6.54 Å². The van der Waals surface area contributed by atoms with Gasteiger partial charge in [0, 0.05) is 47.9 Å². The Labute approximate surface area is 180 Å². The maximum absolute atomic E-state index is 13.0. The molecule has 156 valence electrons. The lowest BCUT2D eigenvalue weighted by molar-refractivity contribution is 0.193. The number of benzene rings is 2. The van der Waals surface area contributed by atoms with Gasteiger partial charge in [-0.05, 0) is 37.6 Å². The van der Waals surface area contributed by atoms with Crippen LogP contribution >= 0.6 is 11.3 Å². The van der Waals surface area contributed by atoms with E-state index in [0.29, 0.717) is 36.9 Å². The van der Waals surface area contributed by atoms with Crippen molar-refractivity contribution >= 4 is 23.1 Å². The van der Waals surface area contributed by atoms with E-state index in [0.717, 1.165) is 22.6 Å². The summed E-state index contributed by atoms with van der Waals surface area (Å²) in [6.07, 6.45) is 2.65. The van der Waals surface area contributed by atoms with Gasteiger partial charge in [0.05, 0.1) is 13.2 Å². The summed E-state index contributed by atoms with van der Waals surface area (Å²) in [7, 11) is 0. The van der Waals surface area contributed by atoms with Gasteiger partial charge >= 0.3 is 6.03 Å². The lowest BCUT2D eigenvalue weighted by Crippen LogP contribution is -2.39. The number of rotatable bonds is 5. The third-order valence-electron chi connectivity index (χ3n) is 4.84. The first-order chi connectivity index (χ1) is 14.6. The molecule has 1 aromatic heterocycles. The van der Waals surface area contributed by atoms with Crippen LogP contribution in [0.4, 0.5) is 10.5 Å². The molecule has 0 radical (unpaired) electrons. The Morgan fingerprint density at radius 2 is 2.00 bits per heavy atom. The average Bonchev–Trinajstić information content (AvgIpc) is 3.18. The summed E-state index contributed by atoms with van der Waals surface area (Å²) in [6, 6.07) is 13.6. The zero-order valence-corrected chi connectivity index (χ0v) is 17.9. The zero-order chi connectivity index (χ0) is 20.9. The van der Waals surface area contributed by atoms with Gasteiger partial charge in [-0.3, -0.25) is 0 Å². The number of aromatic nitrogens is 1. The highest BCUT2D eigenvalue weighted by atomic mass is 32.1. The number of hydrogen-bond acceptors (Lipinski definition) is 5. The second-order valence-electron chi connectivity index (χ2n) is 7.40. The topological polar surface area (TPSA) is 63.7 Å². The van der Waals surface area contributed by atoms with E-state index < -0.39 is 0 Å². The van der Waals surface area contributed by atoms with Crippen molar-refractivity contribution in [3.8, 4) is 22.1 Å². The van der Waals surface area contributed by atoms with Crippen molar-refractivity contribution in [2.75, 3.05) is 18.5 Å². The monoisotopic (exact) mass is 423 g/mol. The molecule has 0 atom stereocenters. The lowest BCUT2D eigenvalue weighted by Gasteiger charge is -2.27. The quantitative estimate of drug-likeness (QED) is 0.596. The Hall–Kier alpha value is -3.06. The molecule has 3 aromatic rings. The molecule has 6 nitrogen and oxygen atoms in total. The normalized spacial score (nSPS) is 13.0. The minimum Gasteiger partial charge on any atom is -0.490 e. The van der Waals surface area contributed by atoms with Gasteiger partial charge < -0.3 is 19.7 Å². The molecule has 0 unspecified atom stereocenters. The van der Waals surface area contributed by atoms with Gasteiger partial charge in [0.15, 0.2) is 11.5 Å². The smallest absolute Gasteiger partial charge is 0.322 e. The van der Waals surface area contributed by atoms with Crippen LogP contribution in [-0.4, -0.2) is 35.2 Å². The van der Waals surface area contributed by atoms with Crippen LogP contribution in [0, 0.1) is 0 Å². The summed E-state index contributed by atoms with van der Waals surface area (Å²) in [6.45, 7) is 5.78. The van der Waals surface area contributed by atoms with Crippen LogP contribution in [0.15, 0.2) is 54.0 Å². The number of amides is 2. The number of fused-ring (bicyclic) bond motifs is 1. The Morgan fingerprint density at radius 3 is 2.77 bits per heavy atom. The second-order valence-corrected chi connectivity index (χ2v) is 8.30. The van der Waals surface area contributed by atoms with Crippen LogP contribution in [0.3, 0.4) is 0 Å². The standard InChI is InChI=1S/C23H25N3O3S/c1-16(2)26(15-17-5-3-6-18(13-17)22-24-9-12-30-22)23(27)25-19-7-8-20-21(14-19)29-11-4-10-28-20/h3,5-9,12-14,16H,4,10-11,15H2,1-2H3,(H,25,27). The Kier molecular flexibility index (Phi) is 6.18. The number of urea groups is 1. The van der Waals surface area contributed by atoms with Crippen molar-refractivity contribution in [1.29, 1.82) is 0 Å². The van der Waals surface area contributed by atoms with E-state index >= 15 is 0 Å². The highest BCUT2D eigenvalue weighted by Gasteiger charge is 2.19. The van der Waals surface area contributed by atoms with Crippen molar-refractivity contribution in [1.82, 2.24) is 9.88 Å². The molecule has 2 heterocycles. The van der Waals surface area contributed by atoms with Gasteiger partial charge in [0.2, 0.25) is 0 Å². The van der Waals surface area contributed by atoms with Crippen molar-refractivity contribution in [2.24, 2.45) is 0 Å². The molecular weight excluding hydrogens is 398 g/mol. The number of carbonyl (C=O) groups excluding carboxylic acids is 1. The summed E-state index contributed by atoms with van der Waals surface area (Å²) in [4.78, 5) is 19.2. The number of ether oxygens (including phenoxy) is 2. The number of nitrogens with one attached hydrogen (secondary N) is 1. The van der Waals surface area contributed by atoms with Gasteiger partial charge in [-0.15, -0.1) is 11.3 Å². The van der Waals surface area contributed by atoms with E-state index in [-0.39, 0.29) is 12.1 Å². The third kappa shape index (κ3) is 4.74. The molecule has 7 heteroatoms. The minimum atomic E-state index is -0.154. The summed E-state index contributed by atoms with van der Waals surface area (Å²) < 4.78 is 11.4.